The highest BCUT2D eigenvalue weighted by Crippen LogP contribution is 2.23. The van der Waals surface area contributed by atoms with Crippen molar-refractivity contribution in [3.8, 4) is 5.69 Å². The SMILES string of the molecule is CC(N)C1CCN(C(=O)c2ccn(-c3ccccc3[N+](=O)[O-])n2)C1. The highest BCUT2D eigenvalue weighted by molar-refractivity contribution is 5.92. The van der Waals surface area contributed by atoms with E-state index in [9.17, 15) is 14.9 Å². The Balaban J connectivity index is 1.82. The van der Waals surface area contributed by atoms with Crippen LogP contribution in [0, 0.1) is 16.0 Å². The van der Waals surface area contributed by atoms with Crippen molar-refractivity contribution in [2.24, 2.45) is 11.7 Å². The predicted molar refractivity (Wildman–Crippen MR) is 87.9 cm³/mol. The van der Waals surface area contributed by atoms with Gasteiger partial charge in [-0.05, 0) is 31.4 Å². The highest BCUT2D eigenvalue weighted by atomic mass is 16.6. The minimum atomic E-state index is -0.466. The Morgan fingerprint density at radius 3 is 2.83 bits per heavy atom. The number of nitrogens with two attached hydrogens (primary N) is 1. The highest BCUT2D eigenvalue weighted by Gasteiger charge is 2.30. The number of benzene rings is 1. The van der Waals surface area contributed by atoms with Gasteiger partial charge < -0.3 is 10.6 Å². The zero-order valence-electron chi connectivity index (χ0n) is 13.3. The molecule has 1 saturated heterocycles. The summed E-state index contributed by atoms with van der Waals surface area (Å²) in [6, 6.07) is 7.92. The van der Waals surface area contributed by atoms with E-state index < -0.39 is 4.92 Å². The van der Waals surface area contributed by atoms with Crippen LogP contribution >= 0.6 is 0 Å². The van der Waals surface area contributed by atoms with Crippen molar-refractivity contribution in [2.75, 3.05) is 13.1 Å². The molecule has 0 saturated carbocycles. The lowest BCUT2D eigenvalue weighted by atomic mass is 10.0. The molecule has 2 atom stereocenters. The molecule has 1 aliphatic heterocycles. The van der Waals surface area contributed by atoms with E-state index in [1.165, 1.54) is 10.7 Å². The average molecular weight is 329 g/mol. The fourth-order valence-electron chi connectivity index (χ4n) is 2.95. The van der Waals surface area contributed by atoms with Crippen LogP contribution in [0.25, 0.3) is 5.69 Å². The molecule has 0 spiro atoms. The first-order valence-corrected chi connectivity index (χ1v) is 7.81. The number of carbonyl (C=O) groups excluding carboxylic acids is 1. The van der Waals surface area contributed by atoms with Gasteiger partial charge in [-0.3, -0.25) is 14.9 Å². The molecule has 1 amide bonds. The van der Waals surface area contributed by atoms with Gasteiger partial charge in [-0.1, -0.05) is 12.1 Å². The number of nitrogens with zero attached hydrogens (tertiary/aromatic N) is 4. The van der Waals surface area contributed by atoms with E-state index in [0.717, 1.165) is 6.42 Å². The smallest absolute Gasteiger partial charge is 0.294 e. The van der Waals surface area contributed by atoms with Gasteiger partial charge >= 0.3 is 0 Å². The van der Waals surface area contributed by atoms with E-state index in [1.807, 2.05) is 6.92 Å². The van der Waals surface area contributed by atoms with Crippen LogP contribution in [0.3, 0.4) is 0 Å². The fourth-order valence-corrected chi connectivity index (χ4v) is 2.95. The van der Waals surface area contributed by atoms with Crippen molar-refractivity contribution < 1.29 is 9.72 Å². The Hall–Kier alpha value is -2.74. The van der Waals surface area contributed by atoms with Crippen molar-refractivity contribution in [2.45, 2.75) is 19.4 Å². The Kier molecular flexibility index (Phi) is 4.30. The van der Waals surface area contributed by atoms with Gasteiger partial charge in [-0.15, -0.1) is 0 Å². The predicted octanol–water partition coefficient (Wildman–Crippen LogP) is 1.59. The van der Waals surface area contributed by atoms with E-state index in [0.29, 0.717) is 24.7 Å². The van der Waals surface area contributed by atoms with Gasteiger partial charge in [0.2, 0.25) is 0 Å². The van der Waals surface area contributed by atoms with E-state index in [1.54, 1.807) is 35.4 Å². The molecular formula is C16H19N5O3. The van der Waals surface area contributed by atoms with Gasteiger partial charge in [-0.25, -0.2) is 4.68 Å². The van der Waals surface area contributed by atoms with Crippen molar-refractivity contribution in [3.63, 3.8) is 0 Å². The van der Waals surface area contributed by atoms with Crippen LogP contribution in [0.4, 0.5) is 5.69 Å². The topological polar surface area (TPSA) is 107 Å². The number of para-hydroxylation sites is 2. The molecule has 2 heterocycles. The van der Waals surface area contributed by atoms with Crippen molar-refractivity contribution >= 4 is 11.6 Å². The van der Waals surface area contributed by atoms with Gasteiger partial charge in [0.05, 0.1) is 4.92 Å². The van der Waals surface area contributed by atoms with Crippen molar-refractivity contribution in [1.82, 2.24) is 14.7 Å². The molecule has 0 bridgehead atoms. The third-order valence-corrected chi connectivity index (χ3v) is 4.39. The first kappa shape index (κ1) is 16.1. The molecule has 1 fully saturated rings. The number of rotatable bonds is 4. The summed E-state index contributed by atoms with van der Waals surface area (Å²) in [5.41, 5.74) is 6.45. The van der Waals surface area contributed by atoms with E-state index in [2.05, 4.69) is 5.10 Å². The average Bonchev–Trinajstić information content (AvgIpc) is 3.24. The van der Waals surface area contributed by atoms with Gasteiger partial charge in [0.25, 0.3) is 11.6 Å². The van der Waals surface area contributed by atoms with Crippen LogP contribution in [0.1, 0.15) is 23.8 Å². The minimum absolute atomic E-state index is 0.0484. The third kappa shape index (κ3) is 3.00. The van der Waals surface area contributed by atoms with Crippen LogP contribution in [-0.2, 0) is 0 Å². The number of aromatic nitrogens is 2. The minimum Gasteiger partial charge on any atom is -0.337 e. The summed E-state index contributed by atoms with van der Waals surface area (Å²) < 4.78 is 1.37. The molecule has 8 heteroatoms. The molecule has 0 aliphatic carbocycles. The number of nitro benzene ring substituents is 1. The molecular weight excluding hydrogens is 310 g/mol. The molecule has 3 rings (SSSR count). The summed E-state index contributed by atoms with van der Waals surface area (Å²) in [6.45, 7) is 3.22. The molecule has 2 unspecified atom stereocenters. The lowest BCUT2D eigenvalue weighted by molar-refractivity contribution is -0.384. The molecule has 1 aromatic heterocycles. The second-order valence-corrected chi connectivity index (χ2v) is 6.05. The second kappa shape index (κ2) is 6.40. The number of nitro groups is 1. The maximum Gasteiger partial charge on any atom is 0.294 e. The molecule has 24 heavy (non-hydrogen) atoms. The third-order valence-electron chi connectivity index (χ3n) is 4.39. The Bertz CT molecular complexity index is 771. The molecule has 2 aromatic rings. The second-order valence-electron chi connectivity index (χ2n) is 6.05. The summed E-state index contributed by atoms with van der Waals surface area (Å²) in [5.74, 6) is 0.127. The van der Waals surface area contributed by atoms with Crippen LogP contribution < -0.4 is 5.73 Å². The van der Waals surface area contributed by atoms with Crippen molar-refractivity contribution in [1.29, 1.82) is 0 Å². The number of carbonyl (C=O) groups is 1. The normalized spacial score (nSPS) is 18.6. The molecule has 126 valence electrons. The molecule has 2 N–H and O–H groups in total. The van der Waals surface area contributed by atoms with Gasteiger partial charge in [-0.2, -0.15) is 5.10 Å². The molecule has 1 aromatic carbocycles. The maximum absolute atomic E-state index is 12.6. The number of likely N-dealkylation sites (tertiary alicyclic amines) is 1. The summed E-state index contributed by atoms with van der Waals surface area (Å²) in [6.07, 6.45) is 2.45. The number of amides is 1. The molecule has 8 nitrogen and oxygen atoms in total. The zero-order chi connectivity index (χ0) is 17.3. The Morgan fingerprint density at radius 2 is 2.17 bits per heavy atom. The summed E-state index contributed by atoms with van der Waals surface area (Å²) in [4.78, 5) is 24.9. The lowest BCUT2D eigenvalue weighted by Gasteiger charge is -2.17. The fraction of sp³-hybridized carbons (Fsp3) is 0.375. The van der Waals surface area contributed by atoms with E-state index >= 15 is 0 Å². The standard InChI is InChI=1S/C16H19N5O3/c1-11(17)12-6-8-19(10-12)16(22)13-7-9-20(18-13)14-4-2-3-5-15(14)21(23)24/h2-5,7,9,11-12H,6,8,10,17H2,1H3. The number of hydrogen-bond donors (Lipinski definition) is 1. The first-order chi connectivity index (χ1) is 11.5. The lowest BCUT2D eigenvalue weighted by Crippen LogP contribution is -2.33. The summed E-state index contributed by atoms with van der Waals surface area (Å²) in [7, 11) is 0. The summed E-state index contributed by atoms with van der Waals surface area (Å²) in [5, 5.41) is 15.3. The monoisotopic (exact) mass is 329 g/mol. The van der Waals surface area contributed by atoms with Gasteiger partial charge in [0.15, 0.2) is 5.69 Å². The van der Waals surface area contributed by atoms with Crippen LogP contribution in [0.5, 0.6) is 0 Å². The zero-order valence-corrected chi connectivity index (χ0v) is 13.3. The number of hydrogen-bond acceptors (Lipinski definition) is 5. The first-order valence-electron chi connectivity index (χ1n) is 7.81. The van der Waals surface area contributed by atoms with Gasteiger partial charge in [0, 0.05) is 31.4 Å². The summed E-state index contributed by atoms with van der Waals surface area (Å²) >= 11 is 0. The quantitative estimate of drug-likeness (QED) is 0.677. The van der Waals surface area contributed by atoms with Crippen LogP contribution in [0.2, 0.25) is 0 Å². The van der Waals surface area contributed by atoms with E-state index in [-0.39, 0.29) is 23.3 Å². The van der Waals surface area contributed by atoms with E-state index in [4.69, 9.17) is 5.73 Å². The molecule has 0 radical (unpaired) electrons. The van der Waals surface area contributed by atoms with Crippen molar-refractivity contribution in [3.05, 3.63) is 52.3 Å². The Labute approximate surface area is 139 Å². The Morgan fingerprint density at radius 1 is 1.42 bits per heavy atom. The molecule has 1 aliphatic rings. The largest absolute Gasteiger partial charge is 0.337 e. The van der Waals surface area contributed by atoms with Gasteiger partial charge in [0.1, 0.15) is 5.69 Å². The van der Waals surface area contributed by atoms with Crippen LogP contribution in [-0.4, -0.2) is 44.6 Å². The van der Waals surface area contributed by atoms with Crippen LogP contribution in [0.15, 0.2) is 36.5 Å². The maximum atomic E-state index is 12.6.